The zero-order valence-electron chi connectivity index (χ0n) is 3.74. The van der Waals surface area contributed by atoms with Crippen LogP contribution in [-0.4, -0.2) is 12.4 Å². The molecule has 0 atom stereocenters. The summed E-state index contributed by atoms with van der Waals surface area (Å²) in [6.45, 7) is 13.2. The minimum Gasteiger partial charge on any atom is -0.284 e. The molecule has 0 bridgehead atoms. The highest BCUT2D eigenvalue weighted by Gasteiger charge is 2.06. The highest BCUT2D eigenvalue weighted by atomic mass is 16.4. The number of rotatable bonds is 1. The molecule has 0 rings (SSSR count). The van der Waals surface area contributed by atoms with Crippen molar-refractivity contribution < 1.29 is 4.42 Å². The van der Waals surface area contributed by atoms with Crippen molar-refractivity contribution in [3.63, 3.8) is 0 Å². The maximum absolute atomic E-state index is 4.35. The van der Waals surface area contributed by atoms with Crippen LogP contribution in [0.2, 0.25) is 0 Å². The average Bonchev–Trinajstić information content (AvgIpc) is 1.35. The van der Waals surface area contributed by atoms with Crippen molar-refractivity contribution in [1.82, 2.24) is 0 Å². The molecule has 0 aromatic carbocycles. The van der Waals surface area contributed by atoms with Gasteiger partial charge in [-0.1, -0.05) is 0 Å². The second-order valence-electron chi connectivity index (χ2n) is 1.33. The molecule has 1 heteroatoms. The first-order valence-corrected chi connectivity index (χ1v) is 1.55. The molecule has 1 nitrogen and oxygen atoms in total. The molecular weight excluding hydrogens is 76.1 g/mol. The van der Waals surface area contributed by atoms with Crippen LogP contribution >= 0.6 is 0 Å². The van der Waals surface area contributed by atoms with E-state index in [1.165, 1.54) is 0 Å². The maximum atomic E-state index is 4.35. The molecule has 0 saturated carbocycles. The van der Waals surface area contributed by atoms with Crippen LogP contribution < -0.4 is 0 Å². The van der Waals surface area contributed by atoms with Gasteiger partial charge in [0.2, 0.25) is 0 Å². The van der Waals surface area contributed by atoms with Crippen molar-refractivity contribution in [3.8, 4) is 0 Å². The molecule has 0 aromatic rings. The van der Waals surface area contributed by atoms with Crippen LogP contribution in [0.1, 0.15) is 0 Å². The summed E-state index contributed by atoms with van der Waals surface area (Å²) in [5.74, 6) is 0. The summed E-state index contributed by atoms with van der Waals surface area (Å²) in [4.78, 5) is 0. The van der Waals surface area contributed by atoms with Gasteiger partial charge in [-0.25, -0.2) is 13.8 Å². The van der Waals surface area contributed by atoms with E-state index in [2.05, 4.69) is 32.0 Å². The van der Waals surface area contributed by atoms with Crippen molar-refractivity contribution in [1.29, 1.82) is 0 Å². The van der Waals surface area contributed by atoms with E-state index in [4.69, 9.17) is 0 Å². The maximum Gasteiger partial charge on any atom is 0.272 e. The van der Waals surface area contributed by atoms with Crippen LogP contribution in [0.3, 0.4) is 0 Å². The van der Waals surface area contributed by atoms with Crippen molar-refractivity contribution >= 4 is 6.79 Å². The fourth-order valence-corrected chi connectivity index (χ4v) is 0. The summed E-state index contributed by atoms with van der Waals surface area (Å²) >= 11 is 0. The van der Waals surface area contributed by atoms with Crippen molar-refractivity contribution in [2.75, 3.05) is 0 Å². The average molecular weight is 84.1 g/mol. The Morgan fingerprint density at radius 2 is 1.83 bits per heavy atom. The van der Waals surface area contributed by atoms with Crippen LogP contribution in [-0.2, 0) is 4.42 Å². The van der Waals surface area contributed by atoms with Gasteiger partial charge in [0.25, 0.3) is 6.79 Å². The van der Waals surface area contributed by atoms with Gasteiger partial charge in [0, 0.05) is 0 Å². The lowest BCUT2D eigenvalue weighted by Crippen LogP contribution is -2.14. The third-order valence-electron chi connectivity index (χ3n) is 0.306. The van der Waals surface area contributed by atoms with Gasteiger partial charge >= 0.3 is 0 Å². The predicted molar refractivity (Wildman–Crippen MR) is 25.9 cm³/mol. The number of hydrogen-bond acceptors (Lipinski definition) is 0. The highest BCUT2D eigenvalue weighted by molar-refractivity contribution is 5.14. The van der Waals surface area contributed by atoms with Gasteiger partial charge < -0.3 is 0 Å². The molecule has 0 fully saturated rings. The summed E-state index contributed by atoms with van der Waals surface area (Å²) in [6, 6.07) is 0. The zero-order chi connectivity index (χ0) is 5.21. The topological polar surface area (TPSA) is 11.3 Å². The second kappa shape index (κ2) is 1.33. The fraction of sp³-hybridized carbons (Fsp3) is 0.200. The Morgan fingerprint density at radius 1 is 1.67 bits per heavy atom. The minimum absolute atomic E-state index is 0.819. The quantitative estimate of drug-likeness (QED) is 0.325. The Morgan fingerprint density at radius 3 is 1.83 bits per heavy atom. The molecule has 0 aliphatic rings. The molecule has 0 aliphatic heterocycles. The molecule has 0 aromatic heterocycles. The summed E-state index contributed by atoms with van der Waals surface area (Å²) in [6.07, 6.45) is 0. The Labute approximate surface area is 38.7 Å². The Balaban J connectivity index is 3.45. The molecule has 0 aliphatic carbocycles. The van der Waals surface area contributed by atoms with Crippen molar-refractivity contribution in [2.24, 2.45) is 0 Å². The zero-order valence-corrected chi connectivity index (χ0v) is 3.74. The second-order valence-corrected chi connectivity index (χ2v) is 1.33. The van der Waals surface area contributed by atoms with Gasteiger partial charge in [0.1, 0.15) is 0 Å². The molecule has 6 heavy (non-hydrogen) atoms. The molecule has 0 N–H and O–H groups in total. The Kier molecular flexibility index (Phi) is 1.23. The monoisotopic (exact) mass is 84.1 g/mol. The van der Waals surface area contributed by atoms with Gasteiger partial charge in [-0.15, -0.1) is 0 Å². The van der Waals surface area contributed by atoms with Gasteiger partial charge in [0.15, 0.2) is 5.60 Å². The lowest BCUT2D eigenvalue weighted by molar-refractivity contribution is -0.501. The van der Waals surface area contributed by atoms with Crippen molar-refractivity contribution in [3.05, 3.63) is 20.8 Å². The van der Waals surface area contributed by atoms with E-state index in [1.54, 1.807) is 0 Å². The Hall–Kier alpha value is -0.460. The van der Waals surface area contributed by atoms with Crippen LogP contribution in [0.25, 0.3) is 0 Å². The van der Waals surface area contributed by atoms with Gasteiger partial charge in [-0.2, -0.15) is 0 Å². The third-order valence-corrected chi connectivity index (χ3v) is 0.306. The smallest absolute Gasteiger partial charge is 0.272 e. The third kappa shape index (κ3) is 3.54. The van der Waals surface area contributed by atoms with E-state index in [1.807, 2.05) is 0 Å². The number of carbonyl (C=O) groups excluding carboxylic acids is 1. The van der Waals surface area contributed by atoms with E-state index in [0.29, 0.717) is 0 Å². The van der Waals surface area contributed by atoms with Gasteiger partial charge in [-0.05, 0) is 0 Å². The predicted octanol–water partition coefficient (Wildman–Crippen LogP) is 0.592. The lowest BCUT2D eigenvalue weighted by Gasteiger charge is -2.04. The minimum atomic E-state index is -0.819. The SMILES string of the molecule is C=[O+]C([CH2+])([CH2-])[CH2-]. The first-order valence-electron chi connectivity index (χ1n) is 1.55. The van der Waals surface area contributed by atoms with E-state index in [9.17, 15) is 0 Å². The normalized spacial score (nSPS) is 11.0. The van der Waals surface area contributed by atoms with Crippen LogP contribution in [0, 0.1) is 20.8 Å². The molecule has 0 saturated heterocycles. The van der Waals surface area contributed by atoms with E-state index < -0.39 is 5.60 Å². The summed E-state index contributed by atoms with van der Waals surface area (Å²) in [5, 5.41) is 0. The molecule has 0 amide bonds. The van der Waals surface area contributed by atoms with Crippen LogP contribution in [0.4, 0.5) is 0 Å². The molecule has 0 radical (unpaired) electrons. The van der Waals surface area contributed by atoms with E-state index in [-0.39, 0.29) is 0 Å². The van der Waals surface area contributed by atoms with Crippen LogP contribution in [0.5, 0.6) is 0 Å². The highest BCUT2D eigenvalue weighted by Crippen LogP contribution is 1.94. The molecular formula is C5H8O. The summed E-state index contributed by atoms with van der Waals surface area (Å²) < 4.78 is 4.35. The van der Waals surface area contributed by atoms with Crippen molar-refractivity contribution in [2.45, 2.75) is 5.60 Å². The molecule has 0 heterocycles. The largest absolute Gasteiger partial charge is 0.284 e. The first kappa shape index (κ1) is 5.54. The summed E-state index contributed by atoms with van der Waals surface area (Å²) in [5.41, 5.74) is -0.819. The molecule has 34 valence electrons. The summed E-state index contributed by atoms with van der Waals surface area (Å²) in [7, 11) is 0. The molecule has 0 unspecified atom stereocenters. The Bertz CT molecular complexity index is 49.4. The lowest BCUT2D eigenvalue weighted by atomic mass is 10.2. The first-order chi connectivity index (χ1) is 2.56. The molecule has 0 spiro atoms. The number of hydrogen-bond donors (Lipinski definition) is 0. The van der Waals surface area contributed by atoms with Gasteiger partial charge in [0.05, 0.1) is 6.92 Å². The standard InChI is InChI=1S/C5H8O/c1-5(2,3)6-4/h1-4H2. The van der Waals surface area contributed by atoms with E-state index >= 15 is 0 Å². The van der Waals surface area contributed by atoms with Gasteiger partial charge in [-0.3, -0.25) is 4.42 Å². The fourth-order valence-electron chi connectivity index (χ4n) is 0. The van der Waals surface area contributed by atoms with E-state index in [0.717, 1.165) is 0 Å². The van der Waals surface area contributed by atoms with Crippen LogP contribution in [0.15, 0.2) is 0 Å².